The third kappa shape index (κ3) is 9.58. The molecular weight excluding hydrogens is 594 g/mol. The number of rotatable bonds is 13. The zero-order valence-electron chi connectivity index (χ0n) is 28.2. The van der Waals surface area contributed by atoms with Crippen LogP contribution in [0.1, 0.15) is 68.1 Å². The van der Waals surface area contributed by atoms with Gasteiger partial charge < -0.3 is 28.7 Å². The molecule has 0 saturated heterocycles. The number of carbonyl (C=O) groups is 1. The molecule has 0 unspecified atom stereocenters. The van der Waals surface area contributed by atoms with E-state index < -0.39 is 12.2 Å². The Morgan fingerprint density at radius 2 is 1.81 bits per heavy atom. The maximum absolute atomic E-state index is 12.8. The van der Waals surface area contributed by atoms with Gasteiger partial charge in [-0.2, -0.15) is 0 Å². The lowest BCUT2D eigenvalue weighted by atomic mass is 10.0. The number of aromatic nitrogens is 1. The first-order valence-corrected chi connectivity index (χ1v) is 16.6. The third-order valence-corrected chi connectivity index (χ3v) is 8.54. The standard InChI is InChI=1S/C38H47N3O6/c1-26-23-34-33(39-29(26)4)13-9-10-22-41(34)24-28(3)47-40-27(2)14-21-38(42)44-25-37-36(45-32-17-15-31(43-5)16-18-32)20-19-35(46-37)30-11-7-6-8-12-30/h6-8,11-12,15-20,23,28,35-37H,9-10,13-14,21-22,24-25H2,1-5H3/t28-,35-,36-,37+/m0/s1. The molecule has 2 aliphatic rings. The zero-order chi connectivity index (χ0) is 33.2. The van der Waals surface area contributed by atoms with Gasteiger partial charge in [-0.3, -0.25) is 9.78 Å². The number of hydrogen-bond acceptors (Lipinski definition) is 9. The van der Waals surface area contributed by atoms with E-state index >= 15 is 0 Å². The maximum Gasteiger partial charge on any atom is 0.306 e. The Morgan fingerprint density at radius 1 is 1.04 bits per heavy atom. The van der Waals surface area contributed by atoms with Crippen LogP contribution in [0.2, 0.25) is 0 Å². The van der Waals surface area contributed by atoms with Crippen LogP contribution in [0.3, 0.4) is 0 Å². The number of esters is 1. The molecule has 1 aromatic heterocycles. The average molecular weight is 642 g/mol. The number of carbonyl (C=O) groups excluding carboxylic acids is 1. The molecule has 0 aliphatic carbocycles. The van der Waals surface area contributed by atoms with Crippen molar-refractivity contribution in [2.45, 2.75) is 84.2 Å². The van der Waals surface area contributed by atoms with Gasteiger partial charge in [0.05, 0.1) is 37.2 Å². The number of pyridine rings is 1. The van der Waals surface area contributed by atoms with Crippen molar-refractivity contribution in [2.24, 2.45) is 5.16 Å². The summed E-state index contributed by atoms with van der Waals surface area (Å²) in [5.74, 6) is 1.08. The Hall–Kier alpha value is -4.37. The summed E-state index contributed by atoms with van der Waals surface area (Å²) in [7, 11) is 1.62. The summed E-state index contributed by atoms with van der Waals surface area (Å²) in [6.07, 6.45) is 6.51. The molecule has 9 nitrogen and oxygen atoms in total. The average Bonchev–Trinajstić information content (AvgIpc) is 3.28. The largest absolute Gasteiger partial charge is 0.497 e. The van der Waals surface area contributed by atoms with Crippen molar-refractivity contribution in [3.8, 4) is 11.5 Å². The molecule has 0 amide bonds. The highest BCUT2D eigenvalue weighted by Gasteiger charge is 2.31. The monoisotopic (exact) mass is 641 g/mol. The summed E-state index contributed by atoms with van der Waals surface area (Å²) in [6.45, 7) is 9.82. The van der Waals surface area contributed by atoms with Gasteiger partial charge >= 0.3 is 5.97 Å². The van der Waals surface area contributed by atoms with E-state index in [9.17, 15) is 4.79 Å². The minimum atomic E-state index is -0.498. The fourth-order valence-electron chi connectivity index (χ4n) is 5.74. The van der Waals surface area contributed by atoms with Crippen LogP contribution in [0.5, 0.6) is 11.5 Å². The summed E-state index contributed by atoms with van der Waals surface area (Å²) in [6, 6.07) is 19.6. The molecule has 0 radical (unpaired) electrons. The number of anilines is 1. The summed E-state index contributed by atoms with van der Waals surface area (Å²) < 4.78 is 23.6. The molecule has 0 N–H and O–H groups in total. The summed E-state index contributed by atoms with van der Waals surface area (Å²) >= 11 is 0. The predicted octanol–water partition coefficient (Wildman–Crippen LogP) is 7.10. The van der Waals surface area contributed by atoms with Crippen molar-refractivity contribution in [3.63, 3.8) is 0 Å². The molecule has 9 heteroatoms. The number of ether oxygens (including phenoxy) is 4. The smallest absolute Gasteiger partial charge is 0.306 e. The minimum absolute atomic E-state index is 0.0578. The van der Waals surface area contributed by atoms with E-state index in [-0.39, 0.29) is 31.2 Å². The van der Waals surface area contributed by atoms with Gasteiger partial charge in [0.2, 0.25) is 0 Å². The van der Waals surface area contributed by atoms with E-state index in [1.807, 2.05) is 80.6 Å². The molecule has 0 fully saturated rings. The predicted molar refractivity (Wildman–Crippen MR) is 183 cm³/mol. The summed E-state index contributed by atoms with van der Waals surface area (Å²) in [4.78, 5) is 25.9. The first-order valence-electron chi connectivity index (χ1n) is 16.6. The molecule has 0 spiro atoms. The van der Waals surface area contributed by atoms with Crippen LogP contribution < -0.4 is 14.4 Å². The Balaban J connectivity index is 1.12. The van der Waals surface area contributed by atoms with Crippen molar-refractivity contribution < 1.29 is 28.6 Å². The van der Waals surface area contributed by atoms with Crippen LogP contribution in [0, 0.1) is 13.8 Å². The molecule has 3 aromatic rings. The third-order valence-electron chi connectivity index (χ3n) is 8.54. The number of methoxy groups -OCH3 is 1. The van der Waals surface area contributed by atoms with Gasteiger partial charge in [-0.25, -0.2) is 0 Å². The Morgan fingerprint density at radius 3 is 2.57 bits per heavy atom. The van der Waals surface area contributed by atoms with Gasteiger partial charge in [-0.05, 0) is 101 Å². The van der Waals surface area contributed by atoms with Gasteiger partial charge in [-0.15, -0.1) is 0 Å². The SMILES string of the molecule is COc1ccc(O[C@H]2C=C[C@@H](c3ccccc3)O[C@@H]2COC(=O)CCC(C)=NO[C@@H](C)CN2CCCCc3nc(C)c(C)cc32)cc1. The van der Waals surface area contributed by atoms with Crippen molar-refractivity contribution in [1.29, 1.82) is 0 Å². The number of fused-ring (bicyclic) bond motifs is 1. The Labute approximate surface area is 278 Å². The highest BCUT2D eigenvalue weighted by atomic mass is 16.6. The lowest BCUT2D eigenvalue weighted by Gasteiger charge is -2.32. The van der Waals surface area contributed by atoms with Crippen LogP contribution in [-0.2, 0) is 25.5 Å². The van der Waals surface area contributed by atoms with Crippen molar-refractivity contribution in [1.82, 2.24) is 4.98 Å². The number of benzene rings is 2. The Bertz CT molecular complexity index is 1520. The van der Waals surface area contributed by atoms with Crippen LogP contribution in [0.4, 0.5) is 5.69 Å². The first-order chi connectivity index (χ1) is 22.8. The van der Waals surface area contributed by atoms with Crippen molar-refractivity contribution in [3.05, 3.63) is 95.3 Å². The van der Waals surface area contributed by atoms with Crippen LogP contribution in [-0.4, -0.2) is 61.8 Å². The second kappa shape index (κ2) is 16.5. The highest BCUT2D eigenvalue weighted by Crippen LogP contribution is 2.30. The molecule has 0 saturated carbocycles. The summed E-state index contributed by atoms with van der Waals surface area (Å²) in [5, 5.41) is 4.34. The van der Waals surface area contributed by atoms with E-state index in [0.717, 1.165) is 55.1 Å². The van der Waals surface area contributed by atoms with E-state index in [0.29, 0.717) is 12.2 Å². The number of aryl methyl sites for hydroxylation is 3. The van der Waals surface area contributed by atoms with Gasteiger partial charge in [0.25, 0.3) is 0 Å². The van der Waals surface area contributed by atoms with Gasteiger partial charge in [-0.1, -0.05) is 41.6 Å². The molecule has 3 heterocycles. The molecule has 5 rings (SSSR count). The fourth-order valence-corrected chi connectivity index (χ4v) is 5.74. The second-order valence-corrected chi connectivity index (χ2v) is 12.3. The van der Waals surface area contributed by atoms with Gasteiger partial charge in [0, 0.05) is 12.2 Å². The molecule has 2 aromatic carbocycles. The van der Waals surface area contributed by atoms with E-state index in [2.05, 4.69) is 30.0 Å². The maximum atomic E-state index is 12.8. The van der Waals surface area contributed by atoms with Crippen LogP contribution in [0.15, 0.2) is 78.0 Å². The van der Waals surface area contributed by atoms with Crippen LogP contribution in [0.25, 0.3) is 0 Å². The molecule has 2 aliphatic heterocycles. The zero-order valence-corrected chi connectivity index (χ0v) is 28.2. The normalized spacial score (nSPS) is 20.1. The first kappa shape index (κ1) is 34.0. The molecule has 0 bridgehead atoms. The lowest BCUT2D eigenvalue weighted by molar-refractivity contribution is -0.152. The molecule has 4 atom stereocenters. The topological polar surface area (TPSA) is 91.7 Å². The van der Waals surface area contributed by atoms with E-state index in [1.165, 1.54) is 16.9 Å². The van der Waals surface area contributed by atoms with Crippen molar-refractivity contribution >= 4 is 17.4 Å². The minimum Gasteiger partial charge on any atom is -0.497 e. The second-order valence-electron chi connectivity index (χ2n) is 12.3. The number of hydrogen-bond donors (Lipinski definition) is 0. The fraction of sp³-hybridized carbons (Fsp3) is 0.447. The molecule has 250 valence electrons. The summed E-state index contributed by atoms with van der Waals surface area (Å²) in [5.41, 5.74) is 6.42. The Kier molecular flexibility index (Phi) is 11.9. The van der Waals surface area contributed by atoms with Crippen molar-refractivity contribution in [2.75, 3.05) is 31.7 Å². The number of oxime groups is 1. The van der Waals surface area contributed by atoms with Gasteiger partial charge in [0.1, 0.15) is 42.5 Å². The molecular formula is C38H47N3O6. The van der Waals surface area contributed by atoms with Crippen LogP contribution >= 0.6 is 0 Å². The van der Waals surface area contributed by atoms with E-state index in [1.54, 1.807) is 7.11 Å². The molecule has 47 heavy (non-hydrogen) atoms. The van der Waals surface area contributed by atoms with Gasteiger partial charge in [0.15, 0.2) is 0 Å². The quantitative estimate of drug-likeness (QED) is 0.0845. The highest BCUT2D eigenvalue weighted by molar-refractivity contribution is 5.85. The number of nitrogens with zero attached hydrogens (tertiary/aromatic N) is 3. The van der Waals surface area contributed by atoms with E-state index in [4.69, 9.17) is 28.8 Å². The lowest BCUT2D eigenvalue weighted by Crippen LogP contribution is -2.40.